The van der Waals surface area contributed by atoms with E-state index in [9.17, 15) is 4.79 Å². The van der Waals surface area contributed by atoms with Gasteiger partial charge >= 0.3 is 0 Å². The van der Waals surface area contributed by atoms with Crippen molar-refractivity contribution in [2.75, 3.05) is 13.1 Å². The van der Waals surface area contributed by atoms with Crippen LogP contribution in [0, 0.1) is 11.8 Å². The lowest BCUT2D eigenvalue weighted by Gasteiger charge is -2.18. The van der Waals surface area contributed by atoms with Gasteiger partial charge in [0.25, 0.3) is 0 Å². The number of pyridine rings is 1. The normalized spacial score (nSPS) is 18.1. The van der Waals surface area contributed by atoms with Gasteiger partial charge in [-0.1, -0.05) is 30.3 Å². The Kier molecular flexibility index (Phi) is 4.68. The number of nitrogens with zero attached hydrogens (tertiary/aromatic N) is 5. The number of hydrogen-bond donors (Lipinski definition) is 1. The molecule has 0 radical (unpaired) electrons. The number of nitrogens with one attached hydrogen (secondary N) is 1. The molecule has 0 bridgehead atoms. The zero-order valence-electron chi connectivity index (χ0n) is 19.4. The van der Waals surface area contributed by atoms with Gasteiger partial charge in [0, 0.05) is 37.3 Å². The van der Waals surface area contributed by atoms with Gasteiger partial charge in [0.15, 0.2) is 0 Å². The van der Waals surface area contributed by atoms with Gasteiger partial charge in [-0.25, -0.2) is 9.97 Å². The molecule has 1 aliphatic heterocycles. The molecule has 35 heavy (non-hydrogen) atoms. The van der Waals surface area contributed by atoms with Gasteiger partial charge in [-0.15, -0.1) is 0 Å². The van der Waals surface area contributed by atoms with Crippen molar-refractivity contribution in [2.45, 2.75) is 25.8 Å². The molecule has 2 fully saturated rings. The first kappa shape index (κ1) is 20.4. The number of hydrogen-bond acceptors (Lipinski definition) is 4. The Balaban J connectivity index is 1.19. The summed E-state index contributed by atoms with van der Waals surface area (Å²) in [7, 11) is 0. The van der Waals surface area contributed by atoms with Crippen molar-refractivity contribution in [3.63, 3.8) is 0 Å². The van der Waals surface area contributed by atoms with Crippen molar-refractivity contribution < 1.29 is 4.79 Å². The summed E-state index contributed by atoms with van der Waals surface area (Å²) in [5, 5.41) is 0. The molecule has 0 unspecified atom stereocenters. The number of amides is 1. The Labute approximate surface area is 202 Å². The Bertz CT molecular complexity index is 1550. The highest BCUT2D eigenvalue weighted by Gasteiger charge is 2.36. The maximum Gasteiger partial charge on any atom is 0.225 e. The zero-order valence-corrected chi connectivity index (χ0v) is 19.4. The first-order valence-electron chi connectivity index (χ1n) is 12.4. The Morgan fingerprint density at radius 1 is 0.971 bits per heavy atom. The van der Waals surface area contributed by atoms with E-state index in [1.54, 1.807) is 6.33 Å². The number of aromatic amines is 1. The summed E-state index contributed by atoms with van der Waals surface area (Å²) in [6.07, 6.45) is 8.56. The van der Waals surface area contributed by atoms with Gasteiger partial charge in [0.05, 0.1) is 29.1 Å². The maximum atomic E-state index is 12.6. The molecule has 2 aliphatic rings. The third kappa shape index (κ3) is 3.67. The lowest BCUT2D eigenvalue weighted by atomic mass is 10.0. The number of imidazole rings is 2. The Morgan fingerprint density at radius 2 is 1.80 bits per heavy atom. The van der Waals surface area contributed by atoms with Gasteiger partial charge in [-0.3, -0.25) is 9.78 Å². The Hall–Kier alpha value is -4.00. The molecular formula is C28H26N6O. The van der Waals surface area contributed by atoms with Crippen molar-refractivity contribution >= 4 is 28.0 Å². The van der Waals surface area contributed by atoms with E-state index in [1.807, 2.05) is 18.5 Å². The van der Waals surface area contributed by atoms with Gasteiger partial charge < -0.3 is 14.5 Å². The summed E-state index contributed by atoms with van der Waals surface area (Å²) < 4.78 is 2.32. The van der Waals surface area contributed by atoms with E-state index < -0.39 is 0 Å². The minimum Gasteiger partial charge on any atom is -0.345 e. The minimum atomic E-state index is 0.289. The molecule has 3 aromatic heterocycles. The van der Waals surface area contributed by atoms with Crippen LogP contribution in [0.1, 0.15) is 19.3 Å². The van der Waals surface area contributed by atoms with E-state index in [0.717, 1.165) is 83.5 Å². The Morgan fingerprint density at radius 3 is 2.66 bits per heavy atom. The van der Waals surface area contributed by atoms with E-state index in [1.165, 1.54) is 0 Å². The highest BCUT2D eigenvalue weighted by atomic mass is 16.2. The van der Waals surface area contributed by atoms with Crippen LogP contribution in [0.5, 0.6) is 0 Å². The van der Waals surface area contributed by atoms with Crippen LogP contribution in [0.15, 0.2) is 67.3 Å². The summed E-state index contributed by atoms with van der Waals surface area (Å²) in [6.45, 7) is 2.56. The SMILES string of the molecule is O=C(C1CC1)N1CC[C@H](Cn2c(-c3ccc(-c4ccc5[nH]cnc5c4)cc3)nc3cnccc32)C1. The van der Waals surface area contributed by atoms with Gasteiger partial charge in [0.2, 0.25) is 5.91 Å². The van der Waals surface area contributed by atoms with Crippen molar-refractivity contribution in [3.05, 3.63) is 67.3 Å². The second-order valence-electron chi connectivity index (χ2n) is 9.84. The lowest BCUT2D eigenvalue weighted by Crippen LogP contribution is -2.30. The lowest BCUT2D eigenvalue weighted by molar-refractivity contribution is -0.131. The second kappa shape index (κ2) is 8.05. The molecule has 0 spiro atoms. The molecule has 2 aromatic carbocycles. The number of likely N-dealkylation sites (tertiary alicyclic amines) is 1. The fraction of sp³-hybridized carbons (Fsp3) is 0.286. The number of fused-ring (bicyclic) bond motifs is 2. The number of carbonyl (C=O) groups excluding carboxylic acids is 1. The first-order valence-corrected chi connectivity index (χ1v) is 12.4. The van der Waals surface area contributed by atoms with E-state index in [2.05, 4.69) is 66.9 Å². The molecule has 1 saturated carbocycles. The predicted octanol–water partition coefficient (Wildman–Crippen LogP) is 4.90. The predicted molar refractivity (Wildman–Crippen MR) is 135 cm³/mol. The fourth-order valence-electron chi connectivity index (χ4n) is 5.34. The maximum absolute atomic E-state index is 12.6. The fourth-order valence-corrected chi connectivity index (χ4v) is 5.34. The summed E-state index contributed by atoms with van der Waals surface area (Å²) in [5.74, 6) is 2.03. The van der Waals surface area contributed by atoms with Gasteiger partial charge in [-0.2, -0.15) is 0 Å². The summed E-state index contributed by atoms with van der Waals surface area (Å²) in [6, 6.07) is 16.9. The van der Waals surface area contributed by atoms with E-state index in [0.29, 0.717) is 11.8 Å². The molecule has 5 aromatic rings. The van der Waals surface area contributed by atoms with E-state index in [-0.39, 0.29) is 5.92 Å². The second-order valence-corrected chi connectivity index (χ2v) is 9.84. The van der Waals surface area contributed by atoms with Crippen LogP contribution in [0.3, 0.4) is 0 Å². The number of carbonyl (C=O) groups is 1. The average molecular weight is 463 g/mol. The van der Waals surface area contributed by atoms with Crippen LogP contribution < -0.4 is 0 Å². The van der Waals surface area contributed by atoms with Crippen LogP contribution in [-0.2, 0) is 11.3 Å². The molecule has 1 saturated heterocycles. The molecule has 7 nitrogen and oxygen atoms in total. The number of rotatable bonds is 5. The topological polar surface area (TPSA) is 79.7 Å². The molecule has 1 amide bonds. The third-order valence-electron chi connectivity index (χ3n) is 7.41. The van der Waals surface area contributed by atoms with Gasteiger partial charge in [0.1, 0.15) is 11.3 Å². The van der Waals surface area contributed by atoms with Crippen LogP contribution in [-0.4, -0.2) is 48.4 Å². The van der Waals surface area contributed by atoms with Crippen LogP contribution in [0.4, 0.5) is 0 Å². The summed E-state index contributed by atoms with van der Waals surface area (Å²) >= 11 is 0. The molecule has 1 atom stereocenters. The molecule has 4 heterocycles. The molecule has 7 rings (SSSR count). The minimum absolute atomic E-state index is 0.289. The molecule has 174 valence electrons. The number of aromatic nitrogens is 5. The van der Waals surface area contributed by atoms with E-state index >= 15 is 0 Å². The average Bonchev–Trinajstić information content (AvgIpc) is 3.30. The molecular weight excluding hydrogens is 436 g/mol. The van der Waals surface area contributed by atoms with Crippen LogP contribution >= 0.6 is 0 Å². The zero-order chi connectivity index (χ0) is 23.4. The van der Waals surface area contributed by atoms with Crippen LogP contribution in [0.2, 0.25) is 0 Å². The summed E-state index contributed by atoms with van der Waals surface area (Å²) in [5.41, 5.74) is 7.36. The highest BCUT2D eigenvalue weighted by Crippen LogP contribution is 2.34. The first-order chi connectivity index (χ1) is 17.2. The van der Waals surface area contributed by atoms with Crippen LogP contribution in [0.25, 0.3) is 44.6 Å². The van der Waals surface area contributed by atoms with Gasteiger partial charge in [-0.05, 0) is 54.5 Å². The largest absolute Gasteiger partial charge is 0.345 e. The molecule has 7 heteroatoms. The van der Waals surface area contributed by atoms with Crippen molar-refractivity contribution in [1.29, 1.82) is 0 Å². The molecule has 1 N–H and O–H groups in total. The monoisotopic (exact) mass is 462 g/mol. The van der Waals surface area contributed by atoms with Crippen molar-refractivity contribution in [2.24, 2.45) is 11.8 Å². The number of H-pyrrole nitrogens is 1. The smallest absolute Gasteiger partial charge is 0.225 e. The number of benzene rings is 2. The third-order valence-corrected chi connectivity index (χ3v) is 7.41. The highest BCUT2D eigenvalue weighted by molar-refractivity contribution is 5.83. The summed E-state index contributed by atoms with van der Waals surface area (Å²) in [4.78, 5) is 31.4. The quantitative estimate of drug-likeness (QED) is 0.403. The molecule has 1 aliphatic carbocycles. The van der Waals surface area contributed by atoms with Crippen molar-refractivity contribution in [1.82, 2.24) is 29.4 Å². The standard InChI is InChI=1S/C28H26N6O/c35-28(21-5-6-21)33-12-10-18(15-33)16-34-26-9-11-29-14-25(26)32-27(34)20-3-1-19(2-4-20)22-7-8-23-24(13-22)31-17-30-23/h1-4,7-9,11,13-14,17-18,21H,5-6,10,12,15-16H2,(H,30,31)/t18-/m0/s1. The van der Waals surface area contributed by atoms with Crippen molar-refractivity contribution in [3.8, 4) is 22.5 Å². The van der Waals surface area contributed by atoms with E-state index in [4.69, 9.17) is 4.98 Å².